The molecule has 0 saturated carbocycles. The number of hydrogen-bond acceptors (Lipinski definition) is 12. The van der Waals surface area contributed by atoms with Gasteiger partial charge < -0.3 is 40.2 Å². The third kappa shape index (κ3) is 20.6. The lowest BCUT2D eigenvalue weighted by atomic mass is 9.84. The van der Waals surface area contributed by atoms with Crippen molar-refractivity contribution in [3.63, 3.8) is 0 Å². The summed E-state index contributed by atoms with van der Waals surface area (Å²) in [6.45, 7) is 22.6. The van der Waals surface area contributed by atoms with Crippen LogP contribution in [0.15, 0.2) is 6.20 Å². The molecule has 0 fully saturated rings. The average Bonchev–Trinajstić information content (AvgIpc) is 3.38. The van der Waals surface area contributed by atoms with Crippen LogP contribution in [0, 0.1) is 5.41 Å². The standard InChI is InChI=1S/C35H63N7O9/c1-32(2,3)26(38-31(47)37-25(30(46)51-35(10,11)12)13-16-28(44)49-33(4,5)6)14-15-27(43)41(23-29(45)50-34(7,8)9)21-24-22-42(40-39-24)18-20-48-19-17-36/h22,25-26H,13-21,23,36H2,1-12H3,(H2,37,38,47)/t25-,26-/m0/s1. The minimum Gasteiger partial charge on any atom is -0.460 e. The molecule has 0 unspecified atom stereocenters. The van der Waals surface area contributed by atoms with E-state index in [9.17, 15) is 24.0 Å². The molecule has 2 atom stereocenters. The van der Waals surface area contributed by atoms with Crippen molar-refractivity contribution in [2.45, 2.75) is 151 Å². The first-order chi connectivity index (χ1) is 23.3. The van der Waals surface area contributed by atoms with E-state index < -0.39 is 58.2 Å². The first-order valence-electron chi connectivity index (χ1n) is 17.5. The fourth-order valence-corrected chi connectivity index (χ4v) is 4.60. The molecule has 1 rings (SSSR count). The Morgan fingerprint density at radius 2 is 1.39 bits per heavy atom. The van der Waals surface area contributed by atoms with Gasteiger partial charge in [-0.1, -0.05) is 26.0 Å². The molecule has 0 aliphatic carbocycles. The second-order valence-corrected chi connectivity index (χ2v) is 16.5. The zero-order valence-electron chi connectivity index (χ0n) is 32.8. The molecule has 0 bridgehead atoms. The van der Waals surface area contributed by atoms with Crippen molar-refractivity contribution in [1.82, 2.24) is 30.5 Å². The normalized spacial score (nSPS) is 13.5. The van der Waals surface area contributed by atoms with Crippen LogP contribution in [-0.4, -0.2) is 105 Å². The van der Waals surface area contributed by atoms with E-state index in [-0.39, 0.29) is 44.7 Å². The summed E-state index contributed by atoms with van der Waals surface area (Å²) in [4.78, 5) is 66.6. The van der Waals surface area contributed by atoms with Crippen molar-refractivity contribution < 1.29 is 42.9 Å². The number of esters is 3. The summed E-state index contributed by atoms with van der Waals surface area (Å²) in [5.41, 5.74) is 3.12. The minimum atomic E-state index is -1.14. The van der Waals surface area contributed by atoms with Gasteiger partial charge in [0, 0.05) is 25.4 Å². The van der Waals surface area contributed by atoms with Gasteiger partial charge in [0.05, 0.1) is 32.5 Å². The number of ether oxygens (including phenoxy) is 4. The van der Waals surface area contributed by atoms with Gasteiger partial charge in [0.25, 0.3) is 0 Å². The summed E-state index contributed by atoms with van der Waals surface area (Å²) < 4.78 is 23.3. The van der Waals surface area contributed by atoms with E-state index in [0.29, 0.717) is 32.0 Å². The maximum absolute atomic E-state index is 13.7. The molecule has 3 amide bonds. The number of nitrogens with two attached hydrogens (primary N) is 1. The highest BCUT2D eigenvalue weighted by Crippen LogP contribution is 2.24. The molecule has 0 radical (unpaired) electrons. The molecule has 0 aliphatic rings. The molecule has 51 heavy (non-hydrogen) atoms. The van der Waals surface area contributed by atoms with Gasteiger partial charge in [-0.2, -0.15) is 0 Å². The molecule has 16 nitrogen and oxygen atoms in total. The molecule has 0 aromatic carbocycles. The van der Waals surface area contributed by atoms with E-state index >= 15 is 0 Å². The number of aromatic nitrogens is 3. The number of carbonyl (C=O) groups excluding carboxylic acids is 5. The summed E-state index contributed by atoms with van der Waals surface area (Å²) in [5, 5.41) is 13.8. The van der Waals surface area contributed by atoms with Gasteiger partial charge in [0.2, 0.25) is 5.91 Å². The van der Waals surface area contributed by atoms with Crippen LogP contribution in [0.1, 0.15) is 114 Å². The van der Waals surface area contributed by atoms with E-state index in [0.717, 1.165) is 0 Å². The third-order valence-corrected chi connectivity index (χ3v) is 6.81. The number of amides is 3. The summed E-state index contributed by atoms with van der Waals surface area (Å²) >= 11 is 0. The number of hydrogen-bond donors (Lipinski definition) is 3. The highest BCUT2D eigenvalue weighted by molar-refractivity contribution is 5.85. The largest absolute Gasteiger partial charge is 0.460 e. The van der Waals surface area contributed by atoms with Gasteiger partial charge in [-0.15, -0.1) is 5.10 Å². The van der Waals surface area contributed by atoms with Crippen LogP contribution in [0.4, 0.5) is 4.79 Å². The Balaban J connectivity index is 3.08. The van der Waals surface area contributed by atoms with Crippen LogP contribution < -0.4 is 16.4 Å². The van der Waals surface area contributed by atoms with Crippen molar-refractivity contribution in [2.24, 2.45) is 11.1 Å². The Labute approximate surface area is 303 Å². The number of nitrogens with zero attached hydrogens (tertiary/aromatic N) is 4. The summed E-state index contributed by atoms with van der Waals surface area (Å²) in [6, 6.07) is -2.34. The van der Waals surface area contributed by atoms with E-state index in [1.807, 2.05) is 20.8 Å². The van der Waals surface area contributed by atoms with Crippen LogP contribution >= 0.6 is 0 Å². The first kappa shape index (κ1) is 45.2. The van der Waals surface area contributed by atoms with Crippen LogP contribution in [0.25, 0.3) is 0 Å². The lowest BCUT2D eigenvalue weighted by Crippen LogP contribution is -2.53. The van der Waals surface area contributed by atoms with Crippen LogP contribution in [-0.2, 0) is 51.2 Å². The Morgan fingerprint density at radius 1 is 0.804 bits per heavy atom. The highest BCUT2D eigenvalue weighted by atomic mass is 16.6. The van der Waals surface area contributed by atoms with Gasteiger partial charge >= 0.3 is 23.9 Å². The zero-order chi connectivity index (χ0) is 39.2. The fourth-order valence-electron chi connectivity index (χ4n) is 4.60. The van der Waals surface area contributed by atoms with Gasteiger partial charge in [0.15, 0.2) is 0 Å². The molecule has 0 saturated heterocycles. The lowest BCUT2D eigenvalue weighted by Gasteiger charge is -2.33. The first-order valence-corrected chi connectivity index (χ1v) is 17.5. The van der Waals surface area contributed by atoms with E-state index in [4.69, 9.17) is 24.7 Å². The Bertz CT molecular complexity index is 1290. The van der Waals surface area contributed by atoms with Crippen molar-refractivity contribution in [2.75, 3.05) is 26.3 Å². The summed E-state index contributed by atoms with van der Waals surface area (Å²) in [5.74, 6) is -2.15. The Hall–Kier alpha value is -3.79. The molecule has 0 spiro atoms. The van der Waals surface area contributed by atoms with Crippen molar-refractivity contribution in [3.8, 4) is 0 Å². The number of rotatable bonds is 18. The van der Waals surface area contributed by atoms with E-state index in [1.165, 1.54) is 4.90 Å². The second kappa shape index (κ2) is 19.7. The number of carbonyl (C=O) groups is 5. The number of urea groups is 1. The highest BCUT2D eigenvalue weighted by Gasteiger charge is 2.32. The molecule has 16 heteroatoms. The van der Waals surface area contributed by atoms with Crippen molar-refractivity contribution >= 4 is 29.8 Å². The Kier molecular flexibility index (Phi) is 17.5. The second-order valence-electron chi connectivity index (χ2n) is 16.5. The maximum atomic E-state index is 13.7. The molecule has 292 valence electrons. The average molecular weight is 726 g/mol. The zero-order valence-corrected chi connectivity index (χ0v) is 32.8. The quantitative estimate of drug-likeness (QED) is 0.113. The monoisotopic (exact) mass is 725 g/mol. The number of nitrogens with one attached hydrogen (secondary N) is 2. The Morgan fingerprint density at radius 3 is 1.94 bits per heavy atom. The van der Waals surface area contributed by atoms with Crippen LogP contribution in [0.2, 0.25) is 0 Å². The van der Waals surface area contributed by atoms with Gasteiger partial charge in [-0.05, 0) is 80.6 Å². The minimum absolute atomic E-state index is 0.00501. The van der Waals surface area contributed by atoms with E-state index in [1.54, 1.807) is 73.2 Å². The molecule has 0 aliphatic heterocycles. The van der Waals surface area contributed by atoms with Gasteiger partial charge in [0.1, 0.15) is 35.1 Å². The molecule has 4 N–H and O–H groups in total. The predicted octanol–water partition coefficient (Wildman–Crippen LogP) is 3.25. The van der Waals surface area contributed by atoms with Crippen LogP contribution in [0.3, 0.4) is 0 Å². The molecule has 1 aromatic heterocycles. The molecule has 1 heterocycles. The maximum Gasteiger partial charge on any atom is 0.329 e. The van der Waals surface area contributed by atoms with Crippen molar-refractivity contribution in [1.29, 1.82) is 0 Å². The summed E-state index contributed by atoms with van der Waals surface area (Å²) in [6.07, 6.45) is 1.69. The van der Waals surface area contributed by atoms with E-state index in [2.05, 4.69) is 20.9 Å². The van der Waals surface area contributed by atoms with Gasteiger partial charge in [-0.3, -0.25) is 14.4 Å². The van der Waals surface area contributed by atoms with Crippen molar-refractivity contribution in [3.05, 3.63) is 11.9 Å². The third-order valence-electron chi connectivity index (χ3n) is 6.81. The van der Waals surface area contributed by atoms with Crippen LogP contribution in [0.5, 0.6) is 0 Å². The predicted molar refractivity (Wildman–Crippen MR) is 190 cm³/mol. The lowest BCUT2D eigenvalue weighted by molar-refractivity contribution is -0.160. The summed E-state index contributed by atoms with van der Waals surface area (Å²) in [7, 11) is 0. The molecule has 1 aromatic rings. The fraction of sp³-hybridized carbons (Fsp3) is 0.800. The SMILES string of the molecule is CC(C)(C)OC(=O)CC[C@H](NC(=O)N[C@@H](CCC(=O)N(CC(=O)OC(C)(C)C)Cc1cn(CCOCCN)nn1)C(C)(C)C)C(=O)OC(C)(C)C. The van der Waals surface area contributed by atoms with Gasteiger partial charge in [-0.25, -0.2) is 14.3 Å². The molecular weight excluding hydrogens is 662 g/mol. The molecular formula is C35H63N7O9. The topological polar surface area (TPSA) is 206 Å². The smallest absolute Gasteiger partial charge is 0.329 e.